The van der Waals surface area contributed by atoms with E-state index in [1.165, 1.54) is 0 Å². The first-order valence-electron chi connectivity index (χ1n) is 4.12. The minimum Gasteiger partial charge on any atom is -0.394 e. The number of rotatable bonds is 3. The minimum atomic E-state index is -1.46. The van der Waals surface area contributed by atoms with Crippen LogP contribution in [0.15, 0.2) is 0 Å². The summed E-state index contributed by atoms with van der Waals surface area (Å²) < 4.78 is 4.92. The molecule has 82 valence electrons. The molecule has 1 saturated heterocycles. The summed E-state index contributed by atoms with van der Waals surface area (Å²) in [5.41, 5.74) is 0. The van der Waals surface area contributed by atoms with Gasteiger partial charge in [0.1, 0.15) is 24.4 Å². The van der Waals surface area contributed by atoms with Crippen molar-refractivity contribution in [3.05, 3.63) is 0 Å². The number of aliphatic hydroxyl groups excluding tert-OH is 4. The maximum Gasteiger partial charge on any atom is 0.209 e. The van der Waals surface area contributed by atoms with Crippen LogP contribution < -0.4 is 5.32 Å². The molecule has 1 rings (SSSR count). The highest BCUT2D eigenvalue weighted by atomic mass is 16.6. The van der Waals surface area contributed by atoms with Gasteiger partial charge in [-0.05, 0) is 0 Å². The summed E-state index contributed by atoms with van der Waals surface area (Å²) in [7, 11) is 0. The fraction of sp³-hybridized carbons (Fsp3) is 0.857. The number of aliphatic hydroxyl groups is 4. The summed E-state index contributed by atoms with van der Waals surface area (Å²) in [6.45, 7) is -0.512. The average Bonchev–Trinajstić information content (AvgIpc) is 2.19. The molecule has 0 spiro atoms. The van der Waals surface area contributed by atoms with Crippen LogP contribution >= 0.6 is 0 Å². The van der Waals surface area contributed by atoms with Gasteiger partial charge in [0.05, 0.1) is 6.61 Å². The summed E-state index contributed by atoms with van der Waals surface area (Å²) >= 11 is 0. The largest absolute Gasteiger partial charge is 0.394 e. The molecule has 0 aromatic rings. The Labute approximate surface area is 79.9 Å². The van der Waals surface area contributed by atoms with E-state index in [0.717, 1.165) is 0 Å². The zero-order chi connectivity index (χ0) is 10.7. The Hall–Kier alpha value is -0.730. The molecule has 7 heteroatoms. The average molecular weight is 207 g/mol. The second-order valence-electron chi connectivity index (χ2n) is 3.03. The molecule has 0 aromatic heterocycles. The van der Waals surface area contributed by atoms with Crippen molar-refractivity contribution in [3.63, 3.8) is 0 Å². The van der Waals surface area contributed by atoms with Gasteiger partial charge in [0.15, 0.2) is 6.23 Å². The van der Waals surface area contributed by atoms with E-state index in [-0.39, 0.29) is 0 Å². The summed E-state index contributed by atoms with van der Waals surface area (Å²) in [5.74, 6) is 0. The lowest BCUT2D eigenvalue weighted by Crippen LogP contribution is -2.62. The van der Waals surface area contributed by atoms with E-state index in [9.17, 15) is 20.1 Å². The summed E-state index contributed by atoms with van der Waals surface area (Å²) in [6.07, 6.45) is -6.10. The van der Waals surface area contributed by atoms with Crippen LogP contribution in [0.25, 0.3) is 0 Å². The quantitative estimate of drug-likeness (QED) is 0.307. The molecule has 0 aromatic carbocycles. The molecule has 0 radical (unpaired) electrons. The number of hydrogen-bond acceptors (Lipinski definition) is 6. The SMILES string of the molecule is O=CN[C@@H]1O[C@H](CO)[C@H](O)[C@H](O)[C@H]1O. The molecule has 5 atom stereocenters. The number of ether oxygens (including phenoxy) is 1. The van der Waals surface area contributed by atoms with Gasteiger partial charge in [0, 0.05) is 0 Å². The van der Waals surface area contributed by atoms with Crippen LogP contribution in [0.4, 0.5) is 0 Å². The molecular weight excluding hydrogens is 194 g/mol. The first-order valence-corrected chi connectivity index (χ1v) is 4.12. The molecule has 1 heterocycles. The van der Waals surface area contributed by atoms with E-state index >= 15 is 0 Å². The molecule has 1 amide bonds. The molecule has 5 N–H and O–H groups in total. The second kappa shape index (κ2) is 4.67. The smallest absolute Gasteiger partial charge is 0.209 e. The maximum atomic E-state index is 10.1. The van der Waals surface area contributed by atoms with Crippen molar-refractivity contribution in [3.8, 4) is 0 Å². The standard InChI is InChI=1S/C7H13NO6/c9-1-3-4(11)5(12)6(13)7(14-3)8-2-10/h2-7,9,11-13H,1H2,(H,8,10)/t3-,4+,5+,6-,7-/m1/s1. The van der Waals surface area contributed by atoms with Crippen LogP contribution in [0, 0.1) is 0 Å². The van der Waals surface area contributed by atoms with E-state index in [0.29, 0.717) is 6.41 Å². The first kappa shape index (κ1) is 11.3. The van der Waals surface area contributed by atoms with Gasteiger partial charge in [-0.25, -0.2) is 0 Å². The van der Waals surface area contributed by atoms with Gasteiger partial charge in [-0.15, -0.1) is 0 Å². The zero-order valence-electron chi connectivity index (χ0n) is 7.28. The second-order valence-corrected chi connectivity index (χ2v) is 3.03. The minimum absolute atomic E-state index is 0.298. The van der Waals surface area contributed by atoms with E-state index in [1.54, 1.807) is 0 Å². The fourth-order valence-corrected chi connectivity index (χ4v) is 1.31. The van der Waals surface area contributed by atoms with E-state index < -0.39 is 37.3 Å². The molecule has 1 aliphatic rings. The topological polar surface area (TPSA) is 119 Å². The number of carbonyl (C=O) groups is 1. The Morgan fingerprint density at radius 3 is 2.36 bits per heavy atom. The summed E-state index contributed by atoms with van der Waals surface area (Å²) in [6, 6.07) is 0. The van der Waals surface area contributed by atoms with Crippen molar-refractivity contribution in [2.24, 2.45) is 0 Å². The molecule has 14 heavy (non-hydrogen) atoms. The molecule has 1 aliphatic heterocycles. The van der Waals surface area contributed by atoms with Gasteiger partial charge < -0.3 is 30.5 Å². The van der Waals surface area contributed by atoms with Gasteiger partial charge in [-0.1, -0.05) is 0 Å². The third kappa shape index (κ3) is 2.02. The van der Waals surface area contributed by atoms with Crippen molar-refractivity contribution in [2.45, 2.75) is 30.6 Å². The normalized spacial score (nSPS) is 43.3. The Balaban J connectivity index is 2.67. The lowest BCUT2D eigenvalue weighted by molar-refractivity contribution is -0.234. The van der Waals surface area contributed by atoms with Crippen LogP contribution in [0.5, 0.6) is 0 Å². The Bertz CT molecular complexity index is 199. The van der Waals surface area contributed by atoms with Gasteiger partial charge in [0.2, 0.25) is 6.41 Å². The number of amides is 1. The van der Waals surface area contributed by atoms with Crippen LogP contribution in [0.2, 0.25) is 0 Å². The highest BCUT2D eigenvalue weighted by molar-refractivity contribution is 5.46. The molecule has 0 saturated carbocycles. The maximum absolute atomic E-state index is 10.1. The van der Waals surface area contributed by atoms with Crippen molar-refractivity contribution in [1.29, 1.82) is 0 Å². The van der Waals surface area contributed by atoms with Crippen molar-refractivity contribution < 1.29 is 30.0 Å². The van der Waals surface area contributed by atoms with E-state index in [4.69, 9.17) is 9.84 Å². The molecule has 7 nitrogen and oxygen atoms in total. The molecular formula is C7H13NO6. The predicted octanol–water partition coefficient (Wildman–Crippen LogP) is -3.47. The third-order valence-corrected chi connectivity index (χ3v) is 2.12. The Morgan fingerprint density at radius 1 is 1.21 bits per heavy atom. The van der Waals surface area contributed by atoms with Gasteiger partial charge in [0.25, 0.3) is 0 Å². The Kier molecular flexibility index (Phi) is 3.78. The first-order chi connectivity index (χ1) is 6.61. The van der Waals surface area contributed by atoms with Crippen LogP contribution in [-0.2, 0) is 9.53 Å². The summed E-state index contributed by atoms with van der Waals surface area (Å²) in [5, 5.41) is 38.8. The highest BCUT2D eigenvalue weighted by Crippen LogP contribution is 2.19. The van der Waals surface area contributed by atoms with Gasteiger partial charge >= 0.3 is 0 Å². The van der Waals surface area contributed by atoms with Crippen LogP contribution in [0.1, 0.15) is 0 Å². The van der Waals surface area contributed by atoms with Crippen molar-refractivity contribution in [2.75, 3.05) is 6.61 Å². The third-order valence-electron chi connectivity index (χ3n) is 2.12. The van der Waals surface area contributed by atoms with Crippen LogP contribution in [-0.4, -0.2) is 64.1 Å². The lowest BCUT2D eigenvalue weighted by Gasteiger charge is -2.39. The monoisotopic (exact) mass is 207 g/mol. The lowest BCUT2D eigenvalue weighted by atomic mass is 9.98. The van der Waals surface area contributed by atoms with E-state index in [1.807, 2.05) is 0 Å². The molecule has 0 aliphatic carbocycles. The van der Waals surface area contributed by atoms with Crippen LogP contribution in [0.3, 0.4) is 0 Å². The number of hydrogen-bond donors (Lipinski definition) is 5. The zero-order valence-corrected chi connectivity index (χ0v) is 7.28. The molecule has 1 fully saturated rings. The summed E-state index contributed by atoms with van der Waals surface area (Å²) in [4.78, 5) is 10.1. The van der Waals surface area contributed by atoms with Crippen molar-refractivity contribution >= 4 is 6.41 Å². The van der Waals surface area contributed by atoms with Gasteiger partial charge in [-0.2, -0.15) is 0 Å². The highest BCUT2D eigenvalue weighted by Gasteiger charge is 2.43. The molecule has 0 unspecified atom stereocenters. The molecule has 0 bridgehead atoms. The predicted molar refractivity (Wildman–Crippen MR) is 43.0 cm³/mol. The van der Waals surface area contributed by atoms with E-state index in [2.05, 4.69) is 5.32 Å². The number of nitrogens with one attached hydrogen (secondary N) is 1. The number of carbonyl (C=O) groups excluding carboxylic acids is 1. The van der Waals surface area contributed by atoms with Gasteiger partial charge in [-0.3, -0.25) is 4.79 Å². The Morgan fingerprint density at radius 2 is 1.86 bits per heavy atom. The van der Waals surface area contributed by atoms with Crippen molar-refractivity contribution in [1.82, 2.24) is 5.32 Å². The fourth-order valence-electron chi connectivity index (χ4n) is 1.31.